The van der Waals surface area contributed by atoms with Crippen LogP contribution in [0, 0.1) is 0 Å². The van der Waals surface area contributed by atoms with Crippen molar-refractivity contribution in [1.29, 1.82) is 0 Å². The summed E-state index contributed by atoms with van der Waals surface area (Å²) in [5.41, 5.74) is 2.39. The zero-order chi connectivity index (χ0) is 14.4. The van der Waals surface area contributed by atoms with E-state index < -0.39 is 0 Å². The second-order valence-electron chi connectivity index (χ2n) is 4.86. The molecular weight excluding hydrogens is 260 g/mol. The number of nitrogens with one attached hydrogen (secondary N) is 2. The first-order chi connectivity index (χ1) is 9.72. The summed E-state index contributed by atoms with van der Waals surface area (Å²) >= 11 is 0. The largest absolute Gasteiger partial charge is 0.463 e. The number of anilines is 2. The van der Waals surface area contributed by atoms with E-state index in [0.717, 1.165) is 32.1 Å². The summed E-state index contributed by atoms with van der Waals surface area (Å²) in [7, 11) is 0. The Labute approximate surface area is 118 Å². The number of aromatic nitrogens is 3. The smallest absolute Gasteiger partial charge is 0.323 e. The van der Waals surface area contributed by atoms with Crippen LogP contribution in [0.2, 0.25) is 0 Å². The van der Waals surface area contributed by atoms with Gasteiger partial charge in [-0.3, -0.25) is 5.43 Å². The summed E-state index contributed by atoms with van der Waals surface area (Å²) in [6.07, 6.45) is 4.31. The molecule has 8 nitrogen and oxygen atoms in total. The second kappa shape index (κ2) is 7.20. The van der Waals surface area contributed by atoms with Crippen LogP contribution in [0.5, 0.6) is 6.01 Å². The highest BCUT2D eigenvalue weighted by atomic mass is 16.5. The molecular formula is C12H22N6O2. The molecule has 1 aromatic rings. The number of rotatable bonds is 6. The van der Waals surface area contributed by atoms with Crippen molar-refractivity contribution in [1.82, 2.24) is 15.0 Å². The van der Waals surface area contributed by atoms with Crippen molar-refractivity contribution in [3.63, 3.8) is 0 Å². The number of nitrogen functional groups attached to an aromatic ring is 1. The van der Waals surface area contributed by atoms with Gasteiger partial charge >= 0.3 is 6.01 Å². The number of hydrazine groups is 1. The molecule has 1 aliphatic carbocycles. The molecule has 2 unspecified atom stereocenters. The van der Waals surface area contributed by atoms with Crippen molar-refractivity contribution in [3.05, 3.63) is 0 Å². The molecule has 0 aromatic carbocycles. The molecule has 0 saturated heterocycles. The summed E-state index contributed by atoms with van der Waals surface area (Å²) < 4.78 is 5.39. The number of ether oxygens (including phenoxy) is 1. The molecule has 8 heteroatoms. The fourth-order valence-corrected chi connectivity index (χ4v) is 2.19. The molecule has 0 aliphatic heterocycles. The molecule has 1 aliphatic rings. The van der Waals surface area contributed by atoms with Crippen LogP contribution in [0.3, 0.4) is 0 Å². The Bertz CT molecular complexity index is 430. The number of nitrogens with zero attached hydrogens (tertiary/aromatic N) is 3. The fourth-order valence-electron chi connectivity index (χ4n) is 2.19. The maximum absolute atomic E-state index is 9.96. The molecule has 2 atom stereocenters. The number of nitrogens with two attached hydrogens (primary N) is 1. The Morgan fingerprint density at radius 1 is 1.25 bits per heavy atom. The minimum Gasteiger partial charge on any atom is -0.463 e. The molecule has 20 heavy (non-hydrogen) atoms. The average Bonchev–Trinajstić information content (AvgIpc) is 2.47. The minimum atomic E-state index is -0.380. The van der Waals surface area contributed by atoms with Crippen molar-refractivity contribution in [3.8, 4) is 6.01 Å². The normalized spacial score (nSPS) is 22.4. The monoisotopic (exact) mass is 282 g/mol. The summed E-state index contributed by atoms with van der Waals surface area (Å²) in [6.45, 7) is 2.53. The lowest BCUT2D eigenvalue weighted by atomic mass is 9.93. The van der Waals surface area contributed by atoms with Crippen LogP contribution < -0.4 is 21.3 Å². The van der Waals surface area contributed by atoms with Gasteiger partial charge in [-0.1, -0.05) is 19.8 Å². The van der Waals surface area contributed by atoms with E-state index in [0.29, 0.717) is 12.6 Å². The van der Waals surface area contributed by atoms with E-state index in [9.17, 15) is 5.11 Å². The highest BCUT2D eigenvalue weighted by Crippen LogP contribution is 2.21. The van der Waals surface area contributed by atoms with Gasteiger partial charge in [-0.2, -0.15) is 15.0 Å². The van der Waals surface area contributed by atoms with Gasteiger partial charge in [-0.25, -0.2) is 5.84 Å². The standard InChI is InChI=1S/C12H22N6O2/c1-2-7-20-12-16-10(15-11(17-12)18-13)14-8-5-3-4-6-9(8)19/h8-9,19H,2-7,13H2,1H3,(H2,14,15,16,17,18). The highest BCUT2D eigenvalue weighted by molar-refractivity contribution is 5.36. The lowest BCUT2D eigenvalue weighted by Gasteiger charge is -2.28. The van der Waals surface area contributed by atoms with Crippen molar-refractivity contribution in [2.75, 3.05) is 17.3 Å². The summed E-state index contributed by atoms with van der Waals surface area (Å²) in [5.74, 6) is 5.94. The minimum absolute atomic E-state index is 0.0456. The number of aliphatic hydroxyl groups is 1. The van der Waals surface area contributed by atoms with Crippen LogP contribution in [-0.4, -0.2) is 38.8 Å². The van der Waals surface area contributed by atoms with Gasteiger partial charge in [0, 0.05) is 0 Å². The molecule has 0 spiro atoms. The van der Waals surface area contributed by atoms with Crippen LogP contribution >= 0.6 is 0 Å². The van der Waals surface area contributed by atoms with Crippen molar-refractivity contribution in [2.24, 2.45) is 5.84 Å². The third-order valence-corrected chi connectivity index (χ3v) is 3.22. The predicted octanol–water partition coefficient (Wildman–Crippen LogP) is 0.661. The van der Waals surface area contributed by atoms with E-state index in [1.165, 1.54) is 0 Å². The SMILES string of the molecule is CCCOc1nc(NN)nc(NC2CCCCC2O)n1. The Morgan fingerprint density at radius 3 is 2.70 bits per heavy atom. The summed E-state index contributed by atoms with van der Waals surface area (Å²) in [6, 6.07) is 0.179. The Balaban J connectivity index is 2.08. The molecule has 1 aromatic heterocycles. The van der Waals surface area contributed by atoms with Crippen molar-refractivity contribution >= 4 is 11.9 Å². The molecule has 0 radical (unpaired) electrons. The van der Waals surface area contributed by atoms with Crippen LogP contribution in [0.25, 0.3) is 0 Å². The maximum Gasteiger partial charge on any atom is 0.323 e. The third kappa shape index (κ3) is 3.91. The molecule has 112 valence electrons. The lowest BCUT2D eigenvalue weighted by Crippen LogP contribution is -2.37. The Kier molecular flexibility index (Phi) is 5.31. The van der Waals surface area contributed by atoms with Gasteiger partial charge in [0.25, 0.3) is 0 Å². The molecule has 0 amide bonds. The second-order valence-corrected chi connectivity index (χ2v) is 4.86. The van der Waals surface area contributed by atoms with E-state index in [1.54, 1.807) is 0 Å². The first-order valence-corrected chi connectivity index (χ1v) is 7.03. The number of hydrogen-bond acceptors (Lipinski definition) is 8. The quantitative estimate of drug-likeness (QED) is 0.444. The Morgan fingerprint density at radius 2 is 2.00 bits per heavy atom. The maximum atomic E-state index is 9.96. The summed E-state index contributed by atoms with van der Waals surface area (Å²) in [5, 5.41) is 13.1. The zero-order valence-corrected chi connectivity index (χ0v) is 11.7. The molecule has 1 saturated carbocycles. The van der Waals surface area contributed by atoms with Gasteiger partial charge in [-0.05, 0) is 19.3 Å². The van der Waals surface area contributed by atoms with Crippen LogP contribution in [0.15, 0.2) is 0 Å². The third-order valence-electron chi connectivity index (χ3n) is 3.22. The van der Waals surface area contributed by atoms with Gasteiger partial charge in [-0.15, -0.1) is 0 Å². The van der Waals surface area contributed by atoms with Gasteiger partial charge in [0.15, 0.2) is 0 Å². The molecule has 1 fully saturated rings. The highest BCUT2D eigenvalue weighted by Gasteiger charge is 2.24. The van der Waals surface area contributed by atoms with E-state index in [1.807, 2.05) is 6.92 Å². The van der Waals surface area contributed by atoms with Crippen LogP contribution in [0.1, 0.15) is 39.0 Å². The van der Waals surface area contributed by atoms with E-state index >= 15 is 0 Å². The Hall–Kier alpha value is -1.67. The van der Waals surface area contributed by atoms with Gasteiger partial charge in [0.2, 0.25) is 11.9 Å². The van der Waals surface area contributed by atoms with Crippen molar-refractivity contribution < 1.29 is 9.84 Å². The van der Waals surface area contributed by atoms with Gasteiger partial charge in [0.1, 0.15) is 0 Å². The molecule has 0 bridgehead atoms. The number of aliphatic hydroxyl groups excluding tert-OH is 1. The van der Waals surface area contributed by atoms with Gasteiger partial charge < -0.3 is 15.2 Å². The first-order valence-electron chi connectivity index (χ1n) is 7.03. The molecule has 2 rings (SSSR count). The van der Waals surface area contributed by atoms with Gasteiger partial charge in [0.05, 0.1) is 18.8 Å². The number of hydrogen-bond donors (Lipinski definition) is 4. The topological polar surface area (TPSA) is 118 Å². The van der Waals surface area contributed by atoms with E-state index in [-0.39, 0.29) is 24.1 Å². The van der Waals surface area contributed by atoms with Crippen LogP contribution in [-0.2, 0) is 0 Å². The first kappa shape index (κ1) is 14.7. The van der Waals surface area contributed by atoms with E-state index in [4.69, 9.17) is 10.6 Å². The fraction of sp³-hybridized carbons (Fsp3) is 0.750. The molecule has 5 N–H and O–H groups in total. The summed E-state index contributed by atoms with van der Waals surface area (Å²) in [4.78, 5) is 12.3. The van der Waals surface area contributed by atoms with Crippen molar-refractivity contribution in [2.45, 2.75) is 51.2 Å². The lowest BCUT2D eigenvalue weighted by molar-refractivity contribution is 0.116. The average molecular weight is 282 g/mol. The molecule has 1 heterocycles. The van der Waals surface area contributed by atoms with Crippen LogP contribution in [0.4, 0.5) is 11.9 Å². The van der Waals surface area contributed by atoms with E-state index in [2.05, 4.69) is 25.7 Å². The zero-order valence-electron chi connectivity index (χ0n) is 11.7. The predicted molar refractivity (Wildman–Crippen MR) is 75.3 cm³/mol.